The van der Waals surface area contributed by atoms with Crippen LogP contribution < -0.4 is 0 Å². The van der Waals surface area contributed by atoms with Gasteiger partial charge >= 0.3 is 11.7 Å². The first-order valence-corrected chi connectivity index (χ1v) is 7.99. The monoisotopic (exact) mass is 345 g/mol. The number of rotatable bonds is 6. The number of ether oxygens (including phenoxy) is 1. The summed E-state index contributed by atoms with van der Waals surface area (Å²) in [5, 5.41) is 6.33. The number of alkyl halides is 2. The number of nitrogens with zero attached hydrogens (tertiary/aromatic N) is 2. The van der Waals surface area contributed by atoms with Gasteiger partial charge in [-0.2, -0.15) is 13.9 Å². The summed E-state index contributed by atoms with van der Waals surface area (Å²) in [6.45, 7) is 1.47. The summed E-state index contributed by atoms with van der Waals surface area (Å²) < 4.78 is 53.4. The molecule has 0 unspecified atom stereocenters. The maximum absolute atomic E-state index is 12.7. The number of aromatic nitrogens is 3. The maximum Gasteiger partial charge on any atom is 0.341 e. The van der Waals surface area contributed by atoms with Gasteiger partial charge in [0, 0.05) is 0 Å². The van der Waals surface area contributed by atoms with Crippen LogP contribution in [0.2, 0.25) is 0 Å². The van der Waals surface area contributed by atoms with E-state index in [4.69, 9.17) is 4.74 Å². The highest BCUT2D eigenvalue weighted by Crippen LogP contribution is 2.22. The highest BCUT2D eigenvalue weighted by molar-refractivity contribution is 7.91. The van der Waals surface area contributed by atoms with Crippen molar-refractivity contribution in [1.29, 1.82) is 0 Å². The zero-order valence-corrected chi connectivity index (χ0v) is 12.8. The second-order valence-electron chi connectivity index (χ2n) is 4.59. The van der Waals surface area contributed by atoms with E-state index in [2.05, 4.69) is 15.2 Å². The number of aryl methyl sites for hydroxylation is 1. The molecule has 0 spiro atoms. The highest BCUT2D eigenvalue weighted by atomic mass is 32.2. The molecule has 0 aliphatic heterocycles. The number of hydrogen-bond donors (Lipinski definition) is 1. The Morgan fingerprint density at radius 3 is 2.65 bits per heavy atom. The lowest BCUT2D eigenvalue weighted by atomic mass is 10.1. The fourth-order valence-electron chi connectivity index (χ4n) is 1.83. The molecule has 1 heterocycles. The quantitative estimate of drug-likeness (QED) is 0.794. The number of halogens is 2. The number of aromatic amines is 1. The third kappa shape index (κ3) is 4.09. The van der Waals surface area contributed by atoms with Crippen LogP contribution in [0.15, 0.2) is 29.2 Å². The second-order valence-corrected chi connectivity index (χ2v) is 6.47. The largest absolute Gasteiger partial charge is 0.457 e. The number of carbonyl (C=O) groups excluding carboxylic acids is 1. The summed E-state index contributed by atoms with van der Waals surface area (Å²) in [5.74, 6) is -3.53. The SMILES string of the molecule is Cc1nc(COC(=O)Cc2ccccc2S(=O)(=O)C(F)F)n[nH]1. The number of esters is 1. The van der Waals surface area contributed by atoms with Crippen LogP contribution in [0.5, 0.6) is 0 Å². The van der Waals surface area contributed by atoms with Crippen molar-refractivity contribution in [2.75, 3.05) is 0 Å². The first-order valence-electron chi connectivity index (χ1n) is 6.44. The summed E-state index contributed by atoms with van der Waals surface area (Å²) in [5.41, 5.74) is -0.0519. The molecule has 0 aliphatic carbocycles. The molecule has 0 saturated carbocycles. The minimum absolute atomic E-state index is 0.0519. The first kappa shape index (κ1) is 17.0. The Hall–Kier alpha value is -2.36. The van der Waals surface area contributed by atoms with Crippen LogP contribution in [0.4, 0.5) is 8.78 Å². The zero-order valence-electron chi connectivity index (χ0n) is 12.0. The molecule has 2 rings (SSSR count). The molecule has 0 bridgehead atoms. The molecule has 0 radical (unpaired) electrons. The van der Waals surface area contributed by atoms with E-state index in [-0.39, 0.29) is 18.0 Å². The Labute approximate surface area is 130 Å². The van der Waals surface area contributed by atoms with E-state index in [1.165, 1.54) is 18.2 Å². The topological polar surface area (TPSA) is 102 Å². The first-order chi connectivity index (χ1) is 10.8. The molecule has 124 valence electrons. The van der Waals surface area contributed by atoms with Crippen molar-refractivity contribution in [2.45, 2.75) is 30.6 Å². The fourth-order valence-corrected chi connectivity index (χ4v) is 2.79. The zero-order chi connectivity index (χ0) is 17.0. The average molecular weight is 345 g/mol. The van der Waals surface area contributed by atoms with Crippen molar-refractivity contribution in [3.05, 3.63) is 41.5 Å². The lowest BCUT2D eigenvalue weighted by Gasteiger charge is -2.09. The van der Waals surface area contributed by atoms with Gasteiger partial charge in [-0.15, -0.1) is 0 Å². The van der Waals surface area contributed by atoms with Crippen LogP contribution in [-0.2, 0) is 32.4 Å². The van der Waals surface area contributed by atoms with Crippen molar-refractivity contribution in [3.63, 3.8) is 0 Å². The minimum Gasteiger partial charge on any atom is -0.457 e. The summed E-state index contributed by atoms with van der Waals surface area (Å²) in [7, 11) is -4.79. The average Bonchev–Trinajstić information content (AvgIpc) is 2.91. The van der Waals surface area contributed by atoms with Crippen molar-refractivity contribution in [3.8, 4) is 0 Å². The van der Waals surface area contributed by atoms with Gasteiger partial charge in [0.1, 0.15) is 5.82 Å². The van der Waals surface area contributed by atoms with E-state index in [0.29, 0.717) is 5.82 Å². The molecular formula is C13H13F2N3O4S. The molecule has 10 heteroatoms. The van der Waals surface area contributed by atoms with Crippen molar-refractivity contribution in [1.82, 2.24) is 15.2 Å². The van der Waals surface area contributed by atoms with Gasteiger partial charge in [-0.3, -0.25) is 9.89 Å². The Morgan fingerprint density at radius 2 is 2.04 bits per heavy atom. The van der Waals surface area contributed by atoms with Gasteiger partial charge in [0.2, 0.25) is 9.84 Å². The Morgan fingerprint density at radius 1 is 1.35 bits per heavy atom. The van der Waals surface area contributed by atoms with Gasteiger partial charge in [0.15, 0.2) is 12.4 Å². The molecule has 0 aliphatic rings. The van der Waals surface area contributed by atoms with Gasteiger partial charge in [0.25, 0.3) is 0 Å². The molecule has 2 aromatic rings. The number of nitrogens with one attached hydrogen (secondary N) is 1. The smallest absolute Gasteiger partial charge is 0.341 e. The molecule has 1 aromatic carbocycles. The molecule has 0 fully saturated rings. The molecule has 7 nitrogen and oxygen atoms in total. The molecule has 0 saturated heterocycles. The Kier molecular flexibility index (Phi) is 5.04. The summed E-state index contributed by atoms with van der Waals surface area (Å²) >= 11 is 0. The molecule has 1 N–H and O–H groups in total. The van der Waals surface area contributed by atoms with Gasteiger partial charge in [-0.25, -0.2) is 13.4 Å². The van der Waals surface area contributed by atoms with Crippen LogP contribution in [0.25, 0.3) is 0 Å². The van der Waals surface area contributed by atoms with Gasteiger partial charge in [0.05, 0.1) is 11.3 Å². The molecule has 23 heavy (non-hydrogen) atoms. The molecule has 0 amide bonds. The van der Waals surface area contributed by atoms with E-state index >= 15 is 0 Å². The van der Waals surface area contributed by atoms with Crippen LogP contribution in [0.3, 0.4) is 0 Å². The third-order valence-corrected chi connectivity index (χ3v) is 4.33. The Balaban J connectivity index is 2.09. The lowest BCUT2D eigenvalue weighted by molar-refractivity contribution is -0.144. The number of sulfone groups is 1. The van der Waals surface area contributed by atoms with Gasteiger partial charge in [-0.1, -0.05) is 18.2 Å². The second kappa shape index (κ2) is 6.82. The highest BCUT2D eigenvalue weighted by Gasteiger charge is 2.29. The normalized spacial score (nSPS) is 11.7. The maximum atomic E-state index is 12.7. The standard InChI is InChI=1S/C13H13F2N3O4S/c1-8-16-11(18-17-8)7-22-12(19)6-9-4-2-3-5-10(9)23(20,21)13(14)15/h2-5,13H,6-7H2,1H3,(H,16,17,18). The predicted molar refractivity (Wildman–Crippen MR) is 74.3 cm³/mol. The van der Waals surface area contributed by atoms with E-state index < -0.39 is 32.9 Å². The lowest BCUT2D eigenvalue weighted by Crippen LogP contribution is -2.16. The van der Waals surface area contributed by atoms with Crippen LogP contribution in [0.1, 0.15) is 17.2 Å². The van der Waals surface area contributed by atoms with E-state index in [1.54, 1.807) is 6.92 Å². The van der Waals surface area contributed by atoms with E-state index in [9.17, 15) is 22.0 Å². The van der Waals surface area contributed by atoms with E-state index in [0.717, 1.165) is 6.07 Å². The van der Waals surface area contributed by atoms with Crippen LogP contribution >= 0.6 is 0 Å². The van der Waals surface area contributed by atoms with E-state index in [1.807, 2.05) is 0 Å². The summed E-state index contributed by atoms with van der Waals surface area (Å²) in [6.07, 6.45) is -0.453. The Bertz CT molecular complexity index is 805. The molecule has 1 aromatic heterocycles. The van der Waals surface area contributed by atoms with Crippen LogP contribution in [-0.4, -0.2) is 35.3 Å². The molecular weight excluding hydrogens is 332 g/mol. The summed E-state index contributed by atoms with van der Waals surface area (Å²) in [4.78, 5) is 15.1. The van der Waals surface area contributed by atoms with Crippen molar-refractivity contribution in [2.24, 2.45) is 0 Å². The number of carbonyl (C=O) groups is 1. The molecule has 0 atom stereocenters. The minimum atomic E-state index is -4.79. The van der Waals surface area contributed by atoms with Gasteiger partial charge < -0.3 is 4.74 Å². The van der Waals surface area contributed by atoms with Crippen molar-refractivity contribution >= 4 is 15.8 Å². The van der Waals surface area contributed by atoms with Crippen molar-refractivity contribution < 1.29 is 26.7 Å². The van der Waals surface area contributed by atoms with Crippen LogP contribution in [0, 0.1) is 6.92 Å². The summed E-state index contributed by atoms with van der Waals surface area (Å²) in [6, 6.07) is 5.07. The third-order valence-electron chi connectivity index (χ3n) is 2.85. The number of H-pyrrole nitrogens is 1. The van der Waals surface area contributed by atoms with Gasteiger partial charge in [-0.05, 0) is 18.6 Å². The number of benzene rings is 1. The fraction of sp³-hybridized carbons (Fsp3) is 0.308. The predicted octanol–water partition coefficient (Wildman–Crippen LogP) is 1.40. The number of hydrogen-bond acceptors (Lipinski definition) is 6.